The van der Waals surface area contributed by atoms with Crippen molar-refractivity contribution in [2.45, 2.75) is 12.7 Å². The molecule has 0 atom stereocenters. The van der Waals surface area contributed by atoms with Gasteiger partial charge in [0.1, 0.15) is 6.54 Å². The SMILES string of the molecule is CCN(CC(=O)OC)S(=O)(=O)Cc1cccc(N)c1. The number of ether oxygens (including phenoxy) is 1. The number of esters is 1. The number of methoxy groups -OCH3 is 1. The second kappa shape index (κ2) is 6.53. The lowest BCUT2D eigenvalue weighted by Gasteiger charge is -2.19. The van der Waals surface area contributed by atoms with Gasteiger partial charge in [0.25, 0.3) is 0 Å². The zero-order chi connectivity index (χ0) is 14.5. The van der Waals surface area contributed by atoms with Crippen LogP contribution in [0.2, 0.25) is 0 Å². The van der Waals surface area contributed by atoms with E-state index in [0.29, 0.717) is 11.3 Å². The summed E-state index contributed by atoms with van der Waals surface area (Å²) in [6, 6.07) is 6.66. The molecule has 0 aliphatic heterocycles. The molecule has 7 heteroatoms. The molecule has 0 aromatic heterocycles. The molecule has 1 aromatic carbocycles. The topological polar surface area (TPSA) is 89.7 Å². The van der Waals surface area contributed by atoms with Gasteiger partial charge < -0.3 is 10.5 Å². The number of hydrogen-bond donors (Lipinski definition) is 1. The fraction of sp³-hybridized carbons (Fsp3) is 0.417. The number of benzene rings is 1. The van der Waals surface area contributed by atoms with E-state index in [9.17, 15) is 13.2 Å². The Hall–Kier alpha value is -1.60. The fourth-order valence-corrected chi connectivity index (χ4v) is 3.08. The molecule has 19 heavy (non-hydrogen) atoms. The third-order valence-corrected chi connectivity index (χ3v) is 4.45. The van der Waals surface area contributed by atoms with Gasteiger partial charge in [-0.3, -0.25) is 4.79 Å². The largest absolute Gasteiger partial charge is 0.468 e. The molecule has 0 aliphatic rings. The first kappa shape index (κ1) is 15.5. The summed E-state index contributed by atoms with van der Waals surface area (Å²) in [4.78, 5) is 11.2. The Labute approximate surface area is 113 Å². The van der Waals surface area contributed by atoms with Gasteiger partial charge in [0.15, 0.2) is 0 Å². The van der Waals surface area contributed by atoms with Crippen molar-refractivity contribution in [1.29, 1.82) is 0 Å². The summed E-state index contributed by atoms with van der Waals surface area (Å²) in [5.41, 5.74) is 6.70. The molecule has 0 spiro atoms. The fourth-order valence-electron chi connectivity index (χ4n) is 1.60. The van der Waals surface area contributed by atoms with Crippen molar-refractivity contribution in [2.24, 2.45) is 0 Å². The van der Waals surface area contributed by atoms with Crippen LogP contribution in [0, 0.1) is 0 Å². The molecule has 0 saturated carbocycles. The zero-order valence-corrected chi connectivity index (χ0v) is 11.8. The van der Waals surface area contributed by atoms with Gasteiger partial charge in [0.2, 0.25) is 10.0 Å². The molecular formula is C12H18N2O4S. The lowest BCUT2D eigenvalue weighted by atomic mass is 10.2. The van der Waals surface area contributed by atoms with E-state index in [0.717, 1.165) is 4.31 Å². The molecule has 2 N–H and O–H groups in total. The predicted octanol–water partition coefficient (Wildman–Crippen LogP) is 0.594. The Balaban J connectivity index is 2.86. The maximum absolute atomic E-state index is 12.2. The van der Waals surface area contributed by atoms with Crippen LogP contribution in [0.3, 0.4) is 0 Å². The minimum Gasteiger partial charge on any atom is -0.468 e. The molecule has 0 fully saturated rings. The summed E-state index contributed by atoms with van der Waals surface area (Å²) in [6.45, 7) is 1.59. The molecule has 0 heterocycles. The van der Waals surface area contributed by atoms with Crippen LogP contribution in [-0.2, 0) is 25.3 Å². The number of rotatable bonds is 6. The van der Waals surface area contributed by atoms with Crippen LogP contribution in [0.1, 0.15) is 12.5 Å². The first-order valence-electron chi connectivity index (χ1n) is 5.78. The summed E-state index contributed by atoms with van der Waals surface area (Å²) in [7, 11) is -2.35. The van der Waals surface area contributed by atoms with Gasteiger partial charge in [0.05, 0.1) is 12.9 Å². The maximum Gasteiger partial charge on any atom is 0.321 e. The molecule has 0 radical (unpaired) electrons. The Morgan fingerprint density at radius 2 is 2.11 bits per heavy atom. The van der Waals surface area contributed by atoms with E-state index < -0.39 is 16.0 Å². The van der Waals surface area contributed by atoms with Crippen LogP contribution in [-0.4, -0.2) is 38.9 Å². The first-order valence-corrected chi connectivity index (χ1v) is 7.39. The number of nitrogens with two attached hydrogens (primary N) is 1. The van der Waals surface area contributed by atoms with Crippen LogP contribution in [0.4, 0.5) is 5.69 Å². The van der Waals surface area contributed by atoms with Crippen LogP contribution < -0.4 is 5.73 Å². The van der Waals surface area contributed by atoms with Crippen LogP contribution in [0.5, 0.6) is 0 Å². The quantitative estimate of drug-likeness (QED) is 0.610. The summed E-state index contributed by atoms with van der Waals surface area (Å²) >= 11 is 0. The van der Waals surface area contributed by atoms with Crippen molar-refractivity contribution in [3.8, 4) is 0 Å². The minimum absolute atomic E-state index is 0.192. The average Bonchev–Trinajstić information content (AvgIpc) is 2.34. The van der Waals surface area contributed by atoms with Crippen molar-refractivity contribution < 1.29 is 17.9 Å². The van der Waals surface area contributed by atoms with Gasteiger partial charge >= 0.3 is 5.97 Å². The summed E-state index contributed by atoms with van der Waals surface area (Å²) in [5.74, 6) is -0.777. The van der Waals surface area contributed by atoms with E-state index >= 15 is 0 Å². The molecule has 1 rings (SSSR count). The molecule has 0 aliphatic carbocycles. The number of sulfonamides is 1. The second-order valence-corrected chi connectivity index (χ2v) is 5.97. The second-order valence-electron chi connectivity index (χ2n) is 4.00. The monoisotopic (exact) mass is 286 g/mol. The summed E-state index contributed by atoms with van der Waals surface area (Å²) in [6.07, 6.45) is 0. The molecule has 106 valence electrons. The minimum atomic E-state index is -3.57. The first-order chi connectivity index (χ1) is 8.89. The van der Waals surface area contributed by atoms with Gasteiger partial charge in [-0.05, 0) is 17.7 Å². The molecule has 1 aromatic rings. The van der Waals surface area contributed by atoms with Gasteiger partial charge in [-0.15, -0.1) is 0 Å². The third kappa shape index (κ3) is 4.53. The molecule has 0 amide bonds. The number of likely N-dealkylation sites (N-methyl/N-ethyl adjacent to an activating group) is 1. The molecule has 0 saturated heterocycles. The summed E-state index contributed by atoms with van der Waals surface area (Å²) < 4.78 is 29.9. The Bertz CT molecular complexity index is 542. The lowest BCUT2D eigenvalue weighted by Crippen LogP contribution is -2.36. The van der Waals surface area contributed by atoms with E-state index in [-0.39, 0.29) is 18.8 Å². The van der Waals surface area contributed by atoms with Crippen LogP contribution in [0.25, 0.3) is 0 Å². The number of nitrogens with zero attached hydrogens (tertiary/aromatic N) is 1. The number of hydrogen-bond acceptors (Lipinski definition) is 5. The van der Waals surface area contributed by atoms with Crippen LogP contribution in [0.15, 0.2) is 24.3 Å². The summed E-state index contributed by atoms with van der Waals surface area (Å²) in [5, 5.41) is 0. The van der Waals surface area contributed by atoms with E-state index in [4.69, 9.17) is 5.73 Å². The molecular weight excluding hydrogens is 268 g/mol. The van der Waals surface area contributed by atoms with Crippen molar-refractivity contribution in [3.05, 3.63) is 29.8 Å². The smallest absolute Gasteiger partial charge is 0.321 e. The van der Waals surface area contributed by atoms with Crippen molar-refractivity contribution in [3.63, 3.8) is 0 Å². The lowest BCUT2D eigenvalue weighted by molar-refractivity contribution is -0.140. The Morgan fingerprint density at radius 3 is 2.63 bits per heavy atom. The van der Waals surface area contributed by atoms with E-state index in [1.807, 2.05) is 0 Å². The molecule has 6 nitrogen and oxygen atoms in total. The van der Waals surface area contributed by atoms with E-state index in [1.54, 1.807) is 31.2 Å². The number of carbonyl (C=O) groups is 1. The number of anilines is 1. The van der Waals surface area contributed by atoms with Crippen molar-refractivity contribution >= 4 is 21.7 Å². The van der Waals surface area contributed by atoms with Gasteiger partial charge in [-0.25, -0.2) is 8.42 Å². The standard InChI is InChI=1S/C12H18N2O4S/c1-3-14(8-12(15)18-2)19(16,17)9-10-5-4-6-11(13)7-10/h4-7H,3,8-9,13H2,1-2H3. The van der Waals surface area contributed by atoms with Gasteiger partial charge in [0, 0.05) is 12.2 Å². The van der Waals surface area contributed by atoms with Crippen LogP contribution >= 0.6 is 0 Å². The Morgan fingerprint density at radius 1 is 1.42 bits per heavy atom. The normalized spacial score (nSPS) is 11.5. The average molecular weight is 286 g/mol. The molecule has 0 unspecified atom stereocenters. The van der Waals surface area contributed by atoms with Gasteiger partial charge in [-0.2, -0.15) is 4.31 Å². The van der Waals surface area contributed by atoms with E-state index in [1.165, 1.54) is 7.11 Å². The maximum atomic E-state index is 12.2. The highest BCUT2D eigenvalue weighted by Gasteiger charge is 2.23. The highest BCUT2D eigenvalue weighted by molar-refractivity contribution is 7.88. The van der Waals surface area contributed by atoms with Crippen molar-refractivity contribution in [1.82, 2.24) is 4.31 Å². The Kier molecular flexibility index (Phi) is 5.31. The highest BCUT2D eigenvalue weighted by Crippen LogP contribution is 2.13. The van der Waals surface area contributed by atoms with E-state index in [2.05, 4.69) is 4.74 Å². The third-order valence-electron chi connectivity index (χ3n) is 2.58. The highest BCUT2D eigenvalue weighted by atomic mass is 32.2. The van der Waals surface area contributed by atoms with Gasteiger partial charge in [-0.1, -0.05) is 19.1 Å². The van der Waals surface area contributed by atoms with Crippen molar-refractivity contribution in [2.75, 3.05) is 25.9 Å². The zero-order valence-electron chi connectivity index (χ0n) is 11.0. The predicted molar refractivity (Wildman–Crippen MR) is 72.7 cm³/mol. The number of nitrogen functional groups attached to an aromatic ring is 1. The molecule has 0 bridgehead atoms. The number of carbonyl (C=O) groups excluding carboxylic acids is 1.